The molecule has 0 amide bonds. The molecule has 12 heterocycles. The van der Waals surface area contributed by atoms with Gasteiger partial charge in [0.1, 0.15) is 57.5 Å². The van der Waals surface area contributed by atoms with Crippen molar-refractivity contribution in [3.8, 4) is 91.7 Å². The van der Waals surface area contributed by atoms with Crippen LogP contribution in [0.1, 0.15) is 205 Å². The molecule has 8 atom stereocenters. The third kappa shape index (κ3) is 26.0. The Balaban J connectivity index is 0.000000141. The number of carboxylic acid groups (broad SMARTS) is 4. The second kappa shape index (κ2) is 46.3. The molecule has 0 radical (unpaired) electrons. The van der Waals surface area contributed by atoms with Crippen molar-refractivity contribution in [1.29, 1.82) is 0 Å². The number of nitrogens with zero attached hydrogens (tertiary/aromatic N) is 24. The van der Waals surface area contributed by atoms with E-state index in [1.54, 1.807) is 55.6 Å². The Morgan fingerprint density at radius 2 is 0.800 bits per heavy atom. The molecule has 7 N–H and O–H groups in total. The summed E-state index contributed by atoms with van der Waals surface area (Å²) in [7, 11) is 7.34. The monoisotopic (exact) mass is 1910 g/mol. The predicted octanol–water partition coefficient (Wildman–Crippen LogP) is 14.5. The summed E-state index contributed by atoms with van der Waals surface area (Å²) in [6, 6.07) is 30.9. The number of aryl methyl sites for hydroxylation is 9. The largest absolute Gasteiger partial charge is 0.489 e. The van der Waals surface area contributed by atoms with E-state index >= 15 is 0 Å². The minimum Gasteiger partial charge on any atom is -0.489 e. The lowest BCUT2D eigenvalue weighted by Gasteiger charge is -2.27. The van der Waals surface area contributed by atoms with Crippen molar-refractivity contribution in [2.45, 2.75) is 233 Å². The summed E-state index contributed by atoms with van der Waals surface area (Å²) >= 11 is 0. The predicted molar refractivity (Wildman–Crippen MR) is 514 cm³/mol. The molecule has 5 aliphatic carbocycles. The van der Waals surface area contributed by atoms with E-state index in [2.05, 4.69) is 122 Å². The highest BCUT2D eigenvalue weighted by Gasteiger charge is 2.35. The molecule has 12 aromatic heterocycles. The number of pyridine rings is 4. The maximum atomic E-state index is 11.4. The molecule has 5 saturated carbocycles. The number of carboxylic acids is 4. The van der Waals surface area contributed by atoms with Gasteiger partial charge in [-0.3, -0.25) is 28.8 Å². The smallest absolute Gasteiger partial charge is 0.306 e. The van der Waals surface area contributed by atoms with E-state index in [0.717, 1.165) is 120 Å². The molecule has 41 nitrogen and oxygen atoms in total. The van der Waals surface area contributed by atoms with Gasteiger partial charge >= 0.3 is 23.9 Å². The van der Waals surface area contributed by atoms with Gasteiger partial charge in [-0.15, -0.1) is 20.4 Å². The van der Waals surface area contributed by atoms with Crippen molar-refractivity contribution in [3.63, 3.8) is 0 Å². The van der Waals surface area contributed by atoms with Crippen LogP contribution in [0, 0.1) is 58.3 Å². The van der Waals surface area contributed by atoms with Crippen LogP contribution >= 0.6 is 0 Å². The van der Waals surface area contributed by atoms with Gasteiger partial charge in [-0.05, 0) is 231 Å². The van der Waals surface area contributed by atoms with Crippen LogP contribution < -0.4 is 44.4 Å². The molecule has 0 aliphatic heterocycles. The van der Waals surface area contributed by atoms with Crippen molar-refractivity contribution in [2.75, 3.05) is 22.6 Å². The standard InChI is InChI=1S/C27H30N8O3.C25H29N5O3.C24H31N7O4.C23H29N7O4/c1-16-7-4-5-10-20(16)21-11-12-28-27(32-21)30-15-23-24(33-34-35(23)3)22-14-29-25(17(2)31-22)38-19-9-6-8-18(13-19)26(36)37;1-15-23(33-19-7-3-5-17(13-19)25(31)32)12-11-21(26-15)24-22(30(2)29-28-24)14-18-6-4-8-20(27-18)16-9-10-16;1-14(2)34-21-10-11-25-24(28-21)26-13-19-22(29-30-31(19)4)18-8-9-20(15(3)27-18)35-17-7-5-6-16(12-17)23(32)33;1-4-33-20-10-11-24-23(27-20)25-13-18-21(28-29-30(18)3)17-8-9-19(14(2)26-17)34-16-7-5-6-15(12-16)22(31)32/h4-5,7,10-12,14,18-19H,6,8-9,13,15H2,1-3H3,(H,36,37)(H,28,30,32);4,6,8,11-12,16-17,19H,3,5,7,9-10,13-14H2,1-2H3,(H,31,32);8-11,14,16-17H,5-7,12-13H2,1-4H3,(H,32,33)(H,25,26,28);8-11,15-16H,4-7,12-13H2,1-3H3,(H,31,32)(H,24,25,27)/t18-,19-;17-,19-;16-,17-;15-,16-/m0000/s1. The van der Waals surface area contributed by atoms with Crippen LogP contribution in [0.3, 0.4) is 0 Å². The van der Waals surface area contributed by atoms with E-state index in [1.165, 1.54) is 18.5 Å². The Bertz CT molecular complexity index is 6480. The highest BCUT2D eigenvalue weighted by Crippen LogP contribution is 2.41. The topological polar surface area (TPSA) is 518 Å². The van der Waals surface area contributed by atoms with Crippen LogP contribution in [0.2, 0.25) is 0 Å². The summed E-state index contributed by atoms with van der Waals surface area (Å²) < 4.78 is 42.4. The van der Waals surface area contributed by atoms with E-state index in [1.807, 2.05) is 143 Å². The lowest BCUT2D eigenvalue weighted by Crippen LogP contribution is -2.30. The quantitative estimate of drug-likeness (QED) is 0.0201. The average Bonchev–Trinajstić information content (AvgIpc) is 1.56. The first-order chi connectivity index (χ1) is 67.6. The molecule has 734 valence electrons. The second-order valence-corrected chi connectivity index (χ2v) is 36.0. The minimum absolute atomic E-state index is 0.0172. The van der Waals surface area contributed by atoms with Crippen LogP contribution in [0.25, 0.3) is 56.8 Å². The van der Waals surface area contributed by atoms with Crippen molar-refractivity contribution in [2.24, 2.45) is 51.9 Å². The minimum atomic E-state index is -0.771. The number of benzene rings is 1. The zero-order chi connectivity index (χ0) is 98.6. The Morgan fingerprint density at radius 3 is 1.22 bits per heavy atom. The maximum absolute atomic E-state index is 11.4. The normalized spacial score (nSPS) is 18.3. The number of anilines is 3. The van der Waals surface area contributed by atoms with Gasteiger partial charge in [0.15, 0.2) is 0 Å². The first-order valence-electron chi connectivity index (χ1n) is 47.5. The number of hydrogen-bond acceptors (Lipinski definition) is 33. The van der Waals surface area contributed by atoms with Crippen molar-refractivity contribution < 1.29 is 68.0 Å². The fourth-order valence-electron chi connectivity index (χ4n) is 17.5. The first kappa shape index (κ1) is 99.3. The molecule has 5 fully saturated rings. The zero-order valence-electron chi connectivity index (χ0n) is 80.7. The number of hydrogen-bond donors (Lipinski definition) is 7. The fourth-order valence-corrected chi connectivity index (χ4v) is 17.5. The molecule has 0 unspecified atom stereocenters. The summed E-state index contributed by atoms with van der Waals surface area (Å²) in [4.78, 5) is 99.8. The van der Waals surface area contributed by atoms with Crippen LogP contribution in [0.4, 0.5) is 17.8 Å². The molecule has 0 saturated heterocycles. The molecule has 140 heavy (non-hydrogen) atoms. The highest BCUT2D eigenvalue weighted by molar-refractivity contribution is 5.72. The van der Waals surface area contributed by atoms with Crippen molar-refractivity contribution in [1.82, 2.24) is 120 Å². The summed E-state index contributed by atoms with van der Waals surface area (Å²) in [5.74, 6) is 1.000. The molecular weight excluding hydrogens is 1790 g/mol. The number of nitrogens with one attached hydrogen (secondary N) is 3. The maximum Gasteiger partial charge on any atom is 0.306 e. The van der Waals surface area contributed by atoms with Crippen molar-refractivity contribution in [3.05, 3.63) is 184 Å². The zero-order valence-corrected chi connectivity index (χ0v) is 80.7. The Labute approximate surface area is 809 Å². The number of aliphatic carboxylic acids is 4. The van der Waals surface area contributed by atoms with E-state index < -0.39 is 23.9 Å². The lowest BCUT2D eigenvalue weighted by atomic mass is 9.87. The van der Waals surface area contributed by atoms with Gasteiger partial charge in [-0.2, -0.15) is 9.97 Å². The van der Waals surface area contributed by atoms with Gasteiger partial charge in [0.05, 0.1) is 143 Å². The molecule has 18 rings (SSSR count). The number of ether oxygens (including phenoxy) is 6. The summed E-state index contributed by atoms with van der Waals surface area (Å²) in [6.07, 6.45) is 20.8. The van der Waals surface area contributed by atoms with E-state index in [-0.39, 0.29) is 54.2 Å². The summed E-state index contributed by atoms with van der Waals surface area (Å²) in [5.41, 5.74) is 16.7. The molecule has 13 aromatic rings. The fraction of sp³-hybridized carbons (Fsp3) is 0.455. The van der Waals surface area contributed by atoms with Crippen LogP contribution in [0.15, 0.2) is 122 Å². The Kier molecular flexibility index (Phi) is 32.8. The molecule has 0 bridgehead atoms. The highest BCUT2D eigenvalue weighted by atomic mass is 16.5. The summed E-state index contributed by atoms with van der Waals surface area (Å²) in [5, 5.41) is 81.1. The molecule has 1 aromatic carbocycles. The van der Waals surface area contributed by atoms with Gasteiger partial charge in [0, 0.05) is 88.2 Å². The van der Waals surface area contributed by atoms with E-state index in [4.69, 9.17) is 48.4 Å². The molecule has 0 spiro atoms. The lowest BCUT2D eigenvalue weighted by molar-refractivity contribution is -0.144. The van der Waals surface area contributed by atoms with Crippen LogP contribution in [0.5, 0.6) is 34.9 Å². The molecule has 41 heteroatoms. The molecule has 5 aliphatic rings. The van der Waals surface area contributed by atoms with Gasteiger partial charge in [0.2, 0.25) is 35.5 Å². The van der Waals surface area contributed by atoms with Gasteiger partial charge < -0.3 is 64.8 Å². The third-order valence-corrected chi connectivity index (χ3v) is 25.2. The summed E-state index contributed by atoms with van der Waals surface area (Å²) in [6.45, 7) is 17.0. The van der Waals surface area contributed by atoms with Gasteiger partial charge in [0.25, 0.3) is 0 Å². The average molecular weight is 1910 g/mol. The SMILES string of the molecule is CCOc1ccnc(NCc2c(-c3ccc(O[C@H]4CCC[C@H](C(=O)O)C4)c(C)n3)nnn2C)n1.Cc1ccccc1-c1ccnc(NCc2c(-c3cnc(O[C@H]4CCC[C@H](C(=O)O)C4)c(C)n3)nnn2C)n1.Cc1nc(-c2nnn(C)c2CNc2nccc(OC(C)C)n2)ccc1O[C@H]1CCC[C@H](C(=O)O)C1.Cc1nc(-c2nnn(C)c2Cc2cccc(C3CC3)n2)ccc1O[C@H]1CCC[C@H](C(=O)O)C1. The third-order valence-electron chi connectivity index (χ3n) is 25.2. The van der Waals surface area contributed by atoms with Crippen LogP contribution in [-0.4, -0.2) is 201 Å². The number of aromatic nitrogens is 24. The first-order valence-corrected chi connectivity index (χ1v) is 47.5. The number of carbonyl (C=O) groups is 4. The number of rotatable bonds is 33. The van der Waals surface area contributed by atoms with Crippen LogP contribution in [-0.2, 0) is 73.4 Å². The van der Waals surface area contributed by atoms with Gasteiger partial charge in [-0.1, -0.05) is 51.2 Å². The van der Waals surface area contributed by atoms with Gasteiger partial charge in [-0.25, -0.2) is 58.9 Å². The Hall–Kier alpha value is -15.2. The van der Waals surface area contributed by atoms with E-state index in [0.29, 0.717) is 188 Å². The Morgan fingerprint density at radius 1 is 0.400 bits per heavy atom. The second-order valence-electron chi connectivity index (χ2n) is 36.0. The van der Waals surface area contributed by atoms with Crippen molar-refractivity contribution >= 4 is 41.7 Å². The van der Waals surface area contributed by atoms with E-state index in [9.17, 15) is 39.6 Å². The molecular formula is C99H119N27O14.